The summed E-state index contributed by atoms with van der Waals surface area (Å²) < 4.78 is 9.71. The summed E-state index contributed by atoms with van der Waals surface area (Å²) >= 11 is 0. The summed E-state index contributed by atoms with van der Waals surface area (Å²) in [4.78, 5) is 0. The summed E-state index contributed by atoms with van der Waals surface area (Å²) in [5, 5.41) is 0. The van der Waals surface area contributed by atoms with Gasteiger partial charge in [0.1, 0.15) is 0 Å². The third-order valence-corrected chi connectivity index (χ3v) is 0.649. The molecule has 3 heteroatoms. The monoisotopic (exact) mass is 151 g/mol. The van der Waals surface area contributed by atoms with Crippen molar-refractivity contribution in [1.82, 2.24) is 0 Å². The Morgan fingerprint density at radius 3 is 2.29 bits per heavy atom. The van der Waals surface area contributed by atoms with E-state index in [4.69, 9.17) is 9.47 Å². The van der Waals surface area contributed by atoms with Crippen LogP contribution >= 0.6 is 0 Å². The summed E-state index contributed by atoms with van der Waals surface area (Å²) in [5.41, 5.74) is 0. The molecule has 0 bridgehead atoms. The summed E-state index contributed by atoms with van der Waals surface area (Å²) in [5.74, 6) is 0. The van der Waals surface area contributed by atoms with E-state index in [1.54, 1.807) is 6.61 Å². The van der Waals surface area contributed by atoms with Crippen LogP contribution in [-0.2, 0) is 29.0 Å². The molecule has 0 aliphatic carbocycles. The molecule has 0 amide bonds. The van der Waals surface area contributed by atoms with E-state index in [0.29, 0.717) is 6.61 Å². The largest absolute Gasteiger partial charge is 0.548 e. The van der Waals surface area contributed by atoms with Gasteiger partial charge in [-0.3, -0.25) is 0 Å². The van der Waals surface area contributed by atoms with Gasteiger partial charge in [0.05, 0.1) is 6.61 Å². The summed E-state index contributed by atoms with van der Waals surface area (Å²) in [7, 11) is 0. The maximum atomic E-state index is 4.89. The Bertz CT molecular complexity index is 25.2. The molecule has 0 saturated carbocycles. The van der Waals surface area contributed by atoms with Crippen molar-refractivity contribution in [1.29, 1.82) is 0 Å². The Kier molecular flexibility index (Phi) is 5.06. The van der Waals surface area contributed by atoms with Crippen molar-refractivity contribution < 1.29 is 29.0 Å². The van der Waals surface area contributed by atoms with E-state index in [0.717, 1.165) is 13.2 Å². The maximum Gasteiger partial charge on any atom is 0.0636 e. The van der Waals surface area contributed by atoms with Crippen molar-refractivity contribution in [2.75, 3.05) is 19.8 Å². The molecule has 1 rings (SSSR count). The molecule has 0 unspecified atom stereocenters. The molecule has 2 nitrogen and oxygen atoms in total. The molecule has 0 aromatic carbocycles. The van der Waals surface area contributed by atoms with Gasteiger partial charge in [-0.1, -0.05) is 6.61 Å². The second-order valence-electron chi connectivity index (χ2n) is 1.11. The van der Waals surface area contributed by atoms with Gasteiger partial charge in [-0.15, -0.1) is 0 Å². The van der Waals surface area contributed by atoms with Gasteiger partial charge in [-0.25, -0.2) is 0 Å². The molecule has 0 aromatic heterocycles. The minimum absolute atomic E-state index is 0. The maximum absolute atomic E-state index is 4.89. The molecule has 1 saturated heterocycles. The van der Waals surface area contributed by atoms with Crippen LogP contribution in [0.15, 0.2) is 0 Å². The number of rotatable bonds is 0. The van der Waals surface area contributed by atoms with Crippen molar-refractivity contribution in [2.45, 2.75) is 0 Å². The molecular formula is C4H7O2Zn-. The van der Waals surface area contributed by atoms with Gasteiger partial charge >= 0.3 is 0 Å². The molecule has 1 fully saturated rings. The van der Waals surface area contributed by atoms with Crippen LogP contribution in [0, 0.1) is 6.61 Å². The summed E-state index contributed by atoms with van der Waals surface area (Å²) in [6, 6.07) is 0. The van der Waals surface area contributed by atoms with Crippen LogP contribution < -0.4 is 0 Å². The molecular weight excluding hydrogens is 145 g/mol. The smallest absolute Gasteiger partial charge is 0.0636 e. The molecule has 1 aliphatic heterocycles. The molecule has 0 atom stereocenters. The number of hydrogen-bond donors (Lipinski definition) is 0. The van der Waals surface area contributed by atoms with Crippen LogP contribution in [0.3, 0.4) is 0 Å². The molecule has 0 radical (unpaired) electrons. The molecule has 1 heterocycles. The number of hydrogen-bond acceptors (Lipinski definition) is 2. The molecule has 7 heavy (non-hydrogen) atoms. The van der Waals surface area contributed by atoms with Gasteiger partial charge in [0.15, 0.2) is 0 Å². The van der Waals surface area contributed by atoms with Crippen LogP contribution in [0.2, 0.25) is 0 Å². The van der Waals surface area contributed by atoms with Crippen LogP contribution in [0.25, 0.3) is 0 Å². The molecule has 1 aliphatic rings. The van der Waals surface area contributed by atoms with Gasteiger partial charge in [0.2, 0.25) is 0 Å². The van der Waals surface area contributed by atoms with Crippen molar-refractivity contribution in [3.8, 4) is 0 Å². The predicted molar refractivity (Wildman–Crippen MR) is 21.1 cm³/mol. The van der Waals surface area contributed by atoms with Gasteiger partial charge in [0, 0.05) is 26.1 Å². The minimum Gasteiger partial charge on any atom is -0.548 e. The molecule has 0 aromatic rings. The van der Waals surface area contributed by atoms with Crippen molar-refractivity contribution in [3.05, 3.63) is 6.61 Å². The van der Waals surface area contributed by atoms with Crippen LogP contribution in [0.4, 0.5) is 0 Å². The minimum atomic E-state index is 0. The van der Waals surface area contributed by atoms with Crippen LogP contribution in [0.1, 0.15) is 0 Å². The third-order valence-electron chi connectivity index (χ3n) is 0.649. The zero-order valence-electron chi connectivity index (χ0n) is 4.22. The fourth-order valence-corrected chi connectivity index (χ4v) is 0.370. The second-order valence-corrected chi connectivity index (χ2v) is 1.11. The van der Waals surface area contributed by atoms with Gasteiger partial charge in [-0.2, -0.15) is 6.61 Å². The average molecular weight is 152 g/mol. The predicted octanol–water partition coefficient (Wildman–Crippen LogP) is 0.192. The van der Waals surface area contributed by atoms with E-state index >= 15 is 0 Å². The Morgan fingerprint density at radius 1 is 1.29 bits per heavy atom. The van der Waals surface area contributed by atoms with Gasteiger partial charge in [0.25, 0.3) is 0 Å². The summed E-state index contributed by atoms with van der Waals surface area (Å²) in [6.07, 6.45) is 0. The van der Waals surface area contributed by atoms with Crippen molar-refractivity contribution in [3.63, 3.8) is 0 Å². The molecule has 0 spiro atoms. The summed E-state index contributed by atoms with van der Waals surface area (Å²) in [6.45, 7) is 3.79. The quantitative estimate of drug-likeness (QED) is 0.365. The second kappa shape index (κ2) is 4.70. The van der Waals surface area contributed by atoms with Crippen LogP contribution in [0.5, 0.6) is 0 Å². The Labute approximate surface area is 55.9 Å². The van der Waals surface area contributed by atoms with E-state index in [1.807, 2.05) is 0 Å². The number of ether oxygens (including phenoxy) is 2. The van der Waals surface area contributed by atoms with E-state index in [1.165, 1.54) is 0 Å². The van der Waals surface area contributed by atoms with E-state index in [2.05, 4.69) is 0 Å². The van der Waals surface area contributed by atoms with Crippen molar-refractivity contribution >= 4 is 0 Å². The zero-order valence-corrected chi connectivity index (χ0v) is 7.19. The van der Waals surface area contributed by atoms with Crippen LogP contribution in [-0.4, -0.2) is 19.8 Å². The van der Waals surface area contributed by atoms with E-state index in [-0.39, 0.29) is 19.5 Å². The van der Waals surface area contributed by atoms with Gasteiger partial charge < -0.3 is 9.47 Å². The fourth-order valence-electron chi connectivity index (χ4n) is 0.370. The first-order valence-corrected chi connectivity index (χ1v) is 2.01. The normalized spacial score (nSPS) is 20.6. The standard InChI is InChI=1S/C4H7O2.Zn/c1-2-6-4-3-5-1;/h1H,2-4H2;/q-1;. The molecule has 38 valence electrons. The SMILES string of the molecule is [CH-]1COCCO1.[Zn]. The Balaban J connectivity index is 0.000000360. The van der Waals surface area contributed by atoms with E-state index in [9.17, 15) is 0 Å². The zero-order chi connectivity index (χ0) is 4.24. The Morgan fingerprint density at radius 2 is 2.14 bits per heavy atom. The van der Waals surface area contributed by atoms with Gasteiger partial charge in [-0.05, 0) is 0 Å². The fraction of sp³-hybridized carbons (Fsp3) is 0.750. The van der Waals surface area contributed by atoms with Crippen molar-refractivity contribution in [2.24, 2.45) is 0 Å². The Hall–Kier alpha value is 0.543. The molecule has 0 N–H and O–H groups in total. The third kappa shape index (κ3) is 3.15. The first-order chi connectivity index (χ1) is 3.00. The van der Waals surface area contributed by atoms with E-state index < -0.39 is 0 Å². The first kappa shape index (κ1) is 7.54. The topological polar surface area (TPSA) is 18.5 Å². The average Bonchev–Trinajstić information content (AvgIpc) is 1.72. The first-order valence-electron chi connectivity index (χ1n) is 2.01.